The molecule has 0 aliphatic rings. The molecule has 3 heteroatoms. The Morgan fingerprint density at radius 3 is 2.56 bits per heavy atom. The molecule has 0 bridgehead atoms. The molecular weight excluding hydrogens is 200 g/mol. The van der Waals surface area contributed by atoms with E-state index < -0.39 is 0 Å². The van der Waals surface area contributed by atoms with Crippen molar-refractivity contribution in [3.63, 3.8) is 0 Å². The Hall–Kier alpha value is -2.34. The fourth-order valence-corrected chi connectivity index (χ4v) is 1.54. The Bertz CT molecular complexity index is 553. The van der Waals surface area contributed by atoms with Gasteiger partial charge in [0, 0.05) is 6.20 Å². The largest absolute Gasteiger partial charge is 0.508 e. The summed E-state index contributed by atoms with van der Waals surface area (Å²) in [6, 6.07) is 10.7. The Morgan fingerprint density at radius 1 is 1.25 bits per heavy atom. The number of phenols is 1. The number of hydrogen-bond acceptors (Lipinski definition) is 3. The standard InChI is InChI=1S/C13H10N2O/c1-9-8-15-11(7-14)6-13(9)10-2-4-12(16)5-3-10/h2-6,8,16H,1H3. The fraction of sp³-hybridized carbons (Fsp3) is 0.0769. The Labute approximate surface area is 93.6 Å². The topological polar surface area (TPSA) is 56.9 Å². The monoisotopic (exact) mass is 210 g/mol. The maximum Gasteiger partial charge on any atom is 0.141 e. The predicted octanol–water partition coefficient (Wildman–Crippen LogP) is 2.63. The SMILES string of the molecule is Cc1cnc(C#N)cc1-c1ccc(O)cc1. The van der Waals surface area contributed by atoms with Gasteiger partial charge in [0.25, 0.3) is 0 Å². The molecule has 0 atom stereocenters. The molecule has 0 fully saturated rings. The van der Waals surface area contributed by atoms with E-state index in [0.29, 0.717) is 5.69 Å². The molecule has 78 valence electrons. The lowest BCUT2D eigenvalue weighted by Crippen LogP contribution is -1.88. The molecule has 1 aromatic heterocycles. The summed E-state index contributed by atoms with van der Waals surface area (Å²) in [4.78, 5) is 3.99. The van der Waals surface area contributed by atoms with Gasteiger partial charge in [-0.25, -0.2) is 4.98 Å². The van der Waals surface area contributed by atoms with E-state index in [-0.39, 0.29) is 5.75 Å². The first-order chi connectivity index (χ1) is 7.70. The van der Waals surface area contributed by atoms with Crippen LogP contribution in [0.1, 0.15) is 11.3 Å². The third-order valence-electron chi connectivity index (χ3n) is 2.40. The van der Waals surface area contributed by atoms with E-state index in [1.165, 1.54) is 0 Å². The van der Waals surface area contributed by atoms with Crippen molar-refractivity contribution in [1.29, 1.82) is 5.26 Å². The summed E-state index contributed by atoms with van der Waals surface area (Å²) in [7, 11) is 0. The predicted molar refractivity (Wildman–Crippen MR) is 60.8 cm³/mol. The van der Waals surface area contributed by atoms with Crippen LogP contribution >= 0.6 is 0 Å². The van der Waals surface area contributed by atoms with Crippen LogP contribution in [-0.4, -0.2) is 10.1 Å². The summed E-state index contributed by atoms with van der Waals surface area (Å²) < 4.78 is 0. The molecule has 0 aliphatic carbocycles. The van der Waals surface area contributed by atoms with Crippen LogP contribution in [0.5, 0.6) is 5.75 Å². The molecule has 0 saturated heterocycles. The number of hydrogen-bond donors (Lipinski definition) is 1. The summed E-state index contributed by atoms with van der Waals surface area (Å²) in [5.74, 6) is 0.232. The van der Waals surface area contributed by atoms with Crippen LogP contribution in [0, 0.1) is 18.3 Å². The van der Waals surface area contributed by atoms with Crippen molar-refractivity contribution >= 4 is 0 Å². The quantitative estimate of drug-likeness (QED) is 0.787. The summed E-state index contributed by atoms with van der Waals surface area (Å²) in [6.45, 7) is 1.94. The minimum absolute atomic E-state index is 0.232. The maximum absolute atomic E-state index is 9.21. The molecule has 0 saturated carbocycles. The number of benzene rings is 1. The van der Waals surface area contributed by atoms with Gasteiger partial charge in [0.2, 0.25) is 0 Å². The van der Waals surface area contributed by atoms with E-state index in [1.807, 2.05) is 25.1 Å². The van der Waals surface area contributed by atoms with Gasteiger partial charge in [-0.2, -0.15) is 5.26 Å². The van der Waals surface area contributed by atoms with Crippen LogP contribution in [0.4, 0.5) is 0 Å². The van der Waals surface area contributed by atoms with E-state index in [4.69, 9.17) is 5.26 Å². The van der Waals surface area contributed by atoms with Crippen LogP contribution in [0.2, 0.25) is 0 Å². The zero-order valence-corrected chi connectivity index (χ0v) is 8.81. The summed E-state index contributed by atoms with van der Waals surface area (Å²) in [5, 5.41) is 18.0. The van der Waals surface area contributed by atoms with Crippen LogP contribution in [0.15, 0.2) is 36.5 Å². The molecule has 3 nitrogen and oxygen atoms in total. The number of aromatic hydroxyl groups is 1. The smallest absolute Gasteiger partial charge is 0.141 e. The molecule has 0 unspecified atom stereocenters. The zero-order chi connectivity index (χ0) is 11.5. The van der Waals surface area contributed by atoms with Gasteiger partial charge in [-0.1, -0.05) is 12.1 Å². The number of pyridine rings is 1. The molecule has 0 spiro atoms. The number of nitriles is 1. The number of aromatic nitrogens is 1. The van der Waals surface area contributed by atoms with Crippen LogP contribution in [0.25, 0.3) is 11.1 Å². The van der Waals surface area contributed by atoms with Gasteiger partial charge in [0.1, 0.15) is 17.5 Å². The number of aryl methyl sites for hydroxylation is 1. The molecule has 0 amide bonds. The molecule has 16 heavy (non-hydrogen) atoms. The first-order valence-corrected chi connectivity index (χ1v) is 4.87. The Kier molecular flexibility index (Phi) is 2.57. The van der Waals surface area contributed by atoms with Gasteiger partial charge in [0.05, 0.1) is 0 Å². The van der Waals surface area contributed by atoms with E-state index in [2.05, 4.69) is 4.98 Å². The number of phenolic OH excluding ortho intramolecular Hbond substituents is 1. The van der Waals surface area contributed by atoms with Gasteiger partial charge >= 0.3 is 0 Å². The fourth-order valence-electron chi connectivity index (χ4n) is 1.54. The Balaban J connectivity index is 2.55. The van der Waals surface area contributed by atoms with E-state index in [0.717, 1.165) is 16.7 Å². The van der Waals surface area contributed by atoms with Crippen LogP contribution in [-0.2, 0) is 0 Å². The number of rotatable bonds is 1. The van der Waals surface area contributed by atoms with Gasteiger partial charge in [0.15, 0.2) is 0 Å². The highest BCUT2D eigenvalue weighted by molar-refractivity contribution is 5.68. The summed E-state index contributed by atoms with van der Waals surface area (Å²) in [6.07, 6.45) is 1.68. The molecule has 0 radical (unpaired) electrons. The second-order valence-electron chi connectivity index (χ2n) is 3.54. The lowest BCUT2D eigenvalue weighted by molar-refractivity contribution is 0.475. The highest BCUT2D eigenvalue weighted by Gasteiger charge is 2.04. The van der Waals surface area contributed by atoms with Gasteiger partial charge < -0.3 is 5.11 Å². The maximum atomic E-state index is 9.21. The summed E-state index contributed by atoms with van der Waals surface area (Å²) in [5.41, 5.74) is 3.33. The lowest BCUT2D eigenvalue weighted by Gasteiger charge is -2.05. The van der Waals surface area contributed by atoms with Gasteiger partial charge in [-0.15, -0.1) is 0 Å². The average Bonchev–Trinajstić information content (AvgIpc) is 2.31. The van der Waals surface area contributed by atoms with Crippen molar-refractivity contribution in [2.24, 2.45) is 0 Å². The second-order valence-corrected chi connectivity index (χ2v) is 3.54. The molecule has 1 heterocycles. The first-order valence-electron chi connectivity index (χ1n) is 4.87. The van der Waals surface area contributed by atoms with Crippen molar-refractivity contribution in [3.8, 4) is 22.9 Å². The van der Waals surface area contributed by atoms with Crippen LogP contribution in [0.3, 0.4) is 0 Å². The van der Waals surface area contributed by atoms with E-state index in [1.54, 1.807) is 24.4 Å². The lowest BCUT2D eigenvalue weighted by atomic mass is 10.0. The molecule has 0 aliphatic heterocycles. The van der Waals surface area contributed by atoms with Gasteiger partial charge in [-0.3, -0.25) is 0 Å². The van der Waals surface area contributed by atoms with Crippen molar-refractivity contribution < 1.29 is 5.11 Å². The molecule has 1 N–H and O–H groups in total. The highest BCUT2D eigenvalue weighted by atomic mass is 16.3. The third-order valence-corrected chi connectivity index (χ3v) is 2.40. The first kappa shape index (κ1) is 10.2. The minimum atomic E-state index is 0.232. The van der Waals surface area contributed by atoms with Crippen molar-refractivity contribution in [3.05, 3.63) is 47.8 Å². The average molecular weight is 210 g/mol. The summed E-state index contributed by atoms with van der Waals surface area (Å²) >= 11 is 0. The molecule has 2 aromatic rings. The molecule has 1 aromatic carbocycles. The highest BCUT2D eigenvalue weighted by Crippen LogP contribution is 2.25. The normalized spacial score (nSPS) is 9.75. The Morgan fingerprint density at radius 2 is 1.94 bits per heavy atom. The van der Waals surface area contributed by atoms with E-state index >= 15 is 0 Å². The second kappa shape index (κ2) is 4.03. The molecule has 2 rings (SSSR count). The van der Waals surface area contributed by atoms with E-state index in [9.17, 15) is 5.11 Å². The van der Waals surface area contributed by atoms with Crippen molar-refractivity contribution in [2.45, 2.75) is 6.92 Å². The molecular formula is C13H10N2O. The minimum Gasteiger partial charge on any atom is -0.508 e. The van der Waals surface area contributed by atoms with Crippen LogP contribution < -0.4 is 0 Å². The zero-order valence-electron chi connectivity index (χ0n) is 8.81. The van der Waals surface area contributed by atoms with Crippen molar-refractivity contribution in [1.82, 2.24) is 4.98 Å². The third kappa shape index (κ3) is 1.86. The van der Waals surface area contributed by atoms with Crippen molar-refractivity contribution in [2.75, 3.05) is 0 Å². The van der Waals surface area contributed by atoms with Gasteiger partial charge in [-0.05, 0) is 41.8 Å². The number of nitrogens with zero attached hydrogens (tertiary/aromatic N) is 2.